The molecule has 1 saturated heterocycles. The molecule has 15 heavy (non-hydrogen) atoms. The van der Waals surface area contributed by atoms with E-state index in [0.29, 0.717) is 6.04 Å². The Hall–Kier alpha value is -0.730. The summed E-state index contributed by atoms with van der Waals surface area (Å²) in [6.07, 6.45) is 2.51. The van der Waals surface area contributed by atoms with E-state index >= 15 is 0 Å². The quantitative estimate of drug-likeness (QED) is 0.785. The van der Waals surface area contributed by atoms with Crippen LogP contribution in [0.5, 0.6) is 5.75 Å². The molecule has 1 unspecified atom stereocenters. The average Bonchev–Trinajstić information content (AvgIpc) is 2.61. The molecule has 0 amide bonds. The van der Waals surface area contributed by atoms with Crippen molar-refractivity contribution >= 4 is 11.6 Å². The molecule has 1 heterocycles. The molecular formula is C12H16ClNO. The van der Waals surface area contributed by atoms with Crippen molar-refractivity contribution < 1.29 is 4.74 Å². The predicted molar refractivity (Wildman–Crippen MR) is 62.6 cm³/mol. The van der Waals surface area contributed by atoms with Gasteiger partial charge in [0.1, 0.15) is 12.4 Å². The number of halogens is 1. The molecular weight excluding hydrogens is 210 g/mol. The second-order valence-corrected chi connectivity index (χ2v) is 4.48. The Bertz CT molecular complexity index is 329. The van der Waals surface area contributed by atoms with E-state index in [1.165, 1.54) is 19.4 Å². The number of likely N-dealkylation sites (tertiary alicyclic amines) is 1. The number of rotatable bonds is 3. The van der Waals surface area contributed by atoms with Gasteiger partial charge in [-0.1, -0.05) is 17.7 Å². The summed E-state index contributed by atoms with van der Waals surface area (Å²) in [4.78, 5) is 2.35. The van der Waals surface area contributed by atoms with E-state index in [9.17, 15) is 0 Å². The van der Waals surface area contributed by atoms with Crippen LogP contribution in [-0.4, -0.2) is 31.1 Å². The van der Waals surface area contributed by atoms with Crippen molar-refractivity contribution in [3.8, 4) is 5.75 Å². The first-order valence-electron chi connectivity index (χ1n) is 5.34. The summed E-state index contributed by atoms with van der Waals surface area (Å²) in [7, 11) is 2.15. The molecule has 3 heteroatoms. The van der Waals surface area contributed by atoms with Gasteiger partial charge in [0, 0.05) is 11.1 Å². The monoisotopic (exact) mass is 225 g/mol. The van der Waals surface area contributed by atoms with Crippen molar-refractivity contribution in [3.63, 3.8) is 0 Å². The molecule has 1 aliphatic rings. The van der Waals surface area contributed by atoms with Gasteiger partial charge in [0.15, 0.2) is 0 Å². The lowest BCUT2D eigenvalue weighted by atomic mass is 10.2. The van der Waals surface area contributed by atoms with Gasteiger partial charge in [-0.3, -0.25) is 0 Å². The maximum absolute atomic E-state index is 5.88. The van der Waals surface area contributed by atoms with Crippen LogP contribution in [0.4, 0.5) is 0 Å². The molecule has 0 spiro atoms. The summed E-state index contributed by atoms with van der Waals surface area (Å²) in [5, 5.41) is 0.729. The first-order valence-corrected chi connectivity index (χ1v) is 5.72. The van der Waals surface area contributed by atoms with Crippen LogP contribution < -0.4 is 4.74 Å². The summed E-state index contributed by atoms with van der Waals surface area (Å²) in [6.45, 7) is 1.94. The third-order valence-corrected chi connectivity index (χ3v) is 3.15. The lowest BCUT2D eigenvalue weighted by molar-refractivity contribution is 0.198. The molecule has 1 atom stereocenters. The third-order valence-electron chi connectivity index (χ3n) is 2.91. The second kappa shape index (κ2) is 4.86. The lowest BCUT2D eigenvalue weighted by Gasteiger charge is -2.19. The van der Waals surface area contributed by atoms with Gasteiger partial charge in [-0.2, -0.15) is 0 Å². The van der Waals surface area contributed by atoms with Crippen LogP contribution in [0, 0.1) is 0 Å². The van der Waals surface area contributed by atoms with Crippen LogP contribution in [0.25, 0.3) is 0 Å². The zero-order valence-corrected chi connectivity index (χ0v) is 9.70. The highest BCUT2D eigenvalue weighted by Gasteiger charge is 2.21. The largest absolute Gasteiger partial charge is 0.492 e. The number of nitrogens with zero attached hydrogens (tertiary/aromatic N) is 1. The molecule has 0 N–H and O–H groups in total. The fourth-order valence-corrected chi connectivity index (χ4v) is 2.12. The van der Waals surface area contributed by atoms with Crippen molar-refractivity contribution in [2.45, 2.75) is 18.9 Å². The van der Waals surface area contributed by atoms with Crippen LogP contribution in [0.15, 0.2) is 24.3 Å². The number of likely N-dealkylation sites (N-methyl/N-ethyl adjacent to an activating group) is 1. The van der Waals surface area contributed by atoms with E-state index in [0.717, 1.165) is 17.4 Å². The zero-order valence-electron chi connectivity index (χ0n) is 8.95. The van der Waals surface area contributed by atoms with Gasteiger partial charge in [0.05, 0.1) is 0 Å². The normalized spacial score (nSPS) is 21.9. The molecule has 1 aromatic rings. The van der Waals surface area contributed by atoms with E-state index in [1.807, 2.05) is 24.3 Å². The minimum Gasteiger partial charge on any atom is -0.492 e. The van der Waals surface area contributed by atoms with Gasteiger partial charge in [-0.25, -0.2) is 0 Å². The summed E-state index contributed by atoms with van der Waals surface area (Å²) >= 11 is 5.88. The van der Waals surface area contributed by atoms with E-state index < -0.39 is 0 Å². The first kappa shape index (κ1) is 10.8. The SMILES string of the molecule is CN1CCCC1COc1cccc(Cl)c1. The molecule has 1 aliphatic heterocycles. The highest BCUT2D eigenvalue weighted by molar-refractivity contribution is 6.30. The summed E-state index contributed by atoms with van der Waals surface area (Å²) in [5.41, 5.74) is 0. The van der Waals surface area contributed by atoms with Gasteiger partial charge >= 0.3 is 0 Å². The Kier molecular flexibility index (Phi) is 3.49. The molecule has 1 fully saturated rings. The Morgan fingerprint density at radius 3 is 3.07 bits per heavy atom. The number of benzene rings is 1. The smallest absolute Gasteiger partial charge is 0.120 e. The van der Waals surface area contributed by atoms with Crippen molar-refractivity contribution in [1.29, 1.82) is 0 Å². The van der Waals surface area contributed by atoms with Crippen molar-refractivity contribution in [2.75, 3.05) is 20.2 Å². The molecule has 82 valence electrons. The van der Waals surface area contributed by atoms with E-state index in [4.69, 9.17) is 16.3 Å². The molecule has 2 rings (SSSR count). The second-order valence-electron chi connectivity index (χ2n) is 4.05. The molecule has 0 aliphatic carbocycles. The Labute approximate surface area is 95.8 Å². The van der Waals surface area contributed by atoms with Gasteiger partial charge in [0.2, 0.25) is 0 Å². The van der Waals surface area contributed by atoms with Crippen LogP contribution >= 0.6 is 11.6 Å². The van der Waals surface area contributed by atoms with Crippen LogP contribution in [0.2, 0.25) is 5.02 Å². The topological polar surface area (TPSA) is 12.5 Å². The fourth-order valence-electron chi connectivity index (χ4n) is 1.94. The van der Waals surface area contributed by atoms with Crippen molar-refractivity contribution in [3.05, 3.63) is 29.3 Å². The Morgan fingerprint density at radius 1 is 1.53 bits per heavy atom. The van der Waals surface area contributed by atoms with Crippen LogP contribution in [0.1, 0.15) is 12.8 Å². The minimum absolute atomic E-state index is 0.559. The number of hydrogen-bond donors (Lipinski definition) is 0. The highest BCUT2D eigenvalue weighted by Crippen LogP contribution is 2.20. The maximum Gasteiger partial charge on any atom is 0.120 e. The van der Waals surface area contributed by atoms with Crippen molar-refractivity contribution in [2.24, 2.45) is 0 Å². The van der Waals surface area contributed by atoms with Gasteiger partial charge in [-0.15, -0.1) is 0 Å². The standard InChI is InChI=1S/C12H16ClNO/c1-14-7-3-5-11(14)9-15-12-6-2-4-10(13)8-12/h2,4,6,8,11H,3,5,7,9H2,1H3. The Balaban J connectivity index is 1.87. The van der Waals surface area contributed by atoms with E-state index in [2.05, 4.69) is 11.9 Å². The fraction of sp³-hybridized carbons (Fsp3) is 0.500. The molecule has 2 nitrogen and oxygen atoms in total. The van der Waals surface area contributed by atoms with Gasteiger partial charge in [0.25, 0.3) is 0 Å². The first-order chi connectivity index (χ1) is 7.25. The number of ether oxygens (including phenoxy) is 1. The predicted octanol–water partition coefficient (Wildman–Crippen LogP) is 2.81. The van der Waals surface area contributed by atoms with Gasteiger partial charge < -0.3 is 9.64 Å². The van der Waals surface area contributed by atoms with E-state index in [1.54, 1.807) is 0 Å². The molecule has 0 radical (unpaired) electrons. The molecule has 0 saturated carbocycles. The van der Waals surface area contributed by atoms with Crippen LogP contribution in [-0.2, 0) is 0 Å². The average molecular weight is 226 g/mol. The number of hydrogen-bond acceptors (Lipinski definition) is 2. The highest BCUT2D eigenvalue weighted by atomic mass is 35.5. The zero-order chi connectivity index (χ0) is 10.7. The summed E-state index contributed by atoms with van der Waals surface area (Å²) in [5.74, 6) is 0.864. The molecule has 1 aromatic carbocycles. The lowest BCUT2D eigenvalue weighted by Crippen LogP contribution is -2.30. The summed E-state index contributed by atoms with van der Waals surface area (Å²) in [6, 6.07) is 8.13. The Morgan fingerprint density at radius 2 is 2.40 bits per heavy atom. The van der Waals surface area contributed by atoms with Crippen LogP contribution in [0.3, 0.4) is 0 Å². The maximum atomic E-state index is 5.88. The van der Waals surface area contributed by atoms with E-state index in [-0.39, 0.29) is 0 Å². The van der Waals surface area contributed by atoms with Crippen molar-refractivity contribution in [1.82, 2.24) is 4.90 Å². The van der Waals surface area contributed by atoms with Gasteiger partial charge in [-0.05, 0) is 44.6 Å². The molecule has 0 bridgehead atoms. The molecule has 0 aromatic heterocycles. The minimum atomic E-state index is 0.559. The third kappa shape index (κ3) is 2.86. The summed E-state index contributed by atoms with van der Waals surface area (Å²) < 4.78 is 5.72.